The number of likely N-dealkylation sites (N-methyl/N-ethyl adjacent to an activating group) is 2. The second kappa shape index (κ2) is 24.1. The summed E-state index contributed by atoms with van der Waals surface area (Å²) in [7, 11) is 8.51. The molecule has 5 N–H and O–H groups in total. The molecule has 0 saturated carbocycles. The van der Waals surface area contributed by atoms with Gasteiger partial charge in [-0.2, -0.15) is 0 Å². The Labute approximate surface area is 364 Å². The van der Waals surface area contributed by atoms with Crippen molar-refractivity contribution in [1.82, 2.24) is 35.6 Å². The maximum atomic E-state index is 14.4. The highest BCUT2D eigenvalue weighted by atomic mass is 16.5. The predicted octanol–water partition coefficient (Wildman–Crippen LogP) is 3.65. The van der Waals surface area contributed by atoms with Gasteiger partial charge in [0.15, 0.2) is 0 Å². The number of nitrogens with zero attached hydrogens (tertiary/aromatic N) is 4. The Hall–Kier alpha value is -4.60. The smallest absolute Gasteiger partial charge is 0.245 e. The lowest BCUT2D eigenvalue weighted by Crippen LogP contribution is -2.59. The Morgan fingerprint density at radius 1 is 0.885 bits per heavy atom. The molecule has 0 unspecified atom stereocenters. The number of amides is 5. The van der Waals surface area contributed by atoms with E-state index in [1.807, 2.05) is 78.7 Å². The van der Waals surface area contributed by atoms with Gasteiger partial charge in [0, 0.05) is 58.4 Å². The van der Waals surface area contributed by atoms with Crippen LogP contribution in [-0.4, -0.2) is 134 Å². The minimum Gasteiger partial charge on any atom is -0.399 e. The molecule has 0 spiro atoms. The summed E-state index contributed by atoms with van der Waals surface area (Å²) in [5.74, 6) is -2.34. The minimum absolute atomic E-state index is 0.00821. The normalized spacial score (nSPS) is 18.1. The van der Waals surface area contributed by atoms with Crippen LogP contribution in [0.2, 0.25) is 0 Å². The molecule has 0 aliphatic carbocycles. The molecular formula is C46H74N8O7. The van der Waals surface area contributed by atoms with Gasteiger partial charge in [0.25, 0.3) is 0 Å². The number of carbonyl (C=O) groups is 5. The Morgan fingerprint density at radius 2 is 1.56 bits per heavy atom. The lowest BCUT2D eigenvalue weighted by Gasteiger charge is -2.41. The highest BCUT2D eigenvalue weighted by Crippen LogP contribution is 2.30. The molecule has 1 aliphatic heterocycles. The van der Waals surface area contributed by atoms with Gasteiger partial charge in [-0.1, -0.05) is 73.1 Å². The fourth-order valence-electron chi connectivity index (χ4n) is 8.60. The van der Waals surface area contributed by atoms with Crippen molar-refractivity contribution in [2.75, 3.05) is 47.6 Å². The maximum Gasteiger partial charge on any atom is 0.245 e. The number of benzene rings is 1. The predicted molar refractivity (Wildman–Crippen MR) is 238 cm³/mol. The number of nitrogens with one attached hydrogen (secondary N) is 3. The molecule has 3 rings (SSSR count). The first-order valence-electron chi connectivity index (χ1n) is 21.8. The van der Waals surface area contributed by atoms with E-state index in [0.29, 0.717) is 30.8 Å². The lowest BCUT2D eigenvalue weighted by molar-refractivity contribution is -0.148. The van der Waals surface area contributed by atoms with E-state index in [0.717, 1.165) is 12.0 Å². The minimum atomic E-state index is -0.926. The summed E-state index contributed by atoms with van der Waals surface area (Å²) in [5.41, 5.74) is 7.95. The van der Waals surface area contributed by atoms with Crippen LogP contribution < -0.4 is 21.7 Å². The Balaban J connectivity index is 1.79. The van der Waals surface area contributed by atoms with Crippen LogP contribution >= 0.6 is 0 Å². The molecule has 0 bridgehead atoms. The number of nitrogens with two attached hydrogens (primary N) is 1. The number of carbonyl (C=O) groups excluding carboxylic acids is 5. The number of nitrogen functional groups attached to an aromatic ring is 1. The number of methoxy groups -OCH3 is 2. The van der Waals surface area contributed by atoms with Gasteiger partial charge in [0.1, 0.15) is 12.1 Å². The van der Waals surface area contributed by atoms with Crippen LogP contribution in [0.5, 0.6) is 0 Å². The average Bonchev–Trinajstić information content (AvgIpc) is 3.71. The second-order valence-corrected chi connectivity index (χ2v) is 17.5. The van der Waals surface area contributed by atoms with Crippen molar-refractivity contribution in [3.05, 3.63) is 59.9 Å². The number of likely N-dealkylation sites (tertiary alicyclic amines) is 1. The van der Waals surface area contributed by atoms with Crippen LogP contribution in [0, 0.1) is 23.7 Å². The van der Waals surface area contributed by atoms with Gasteiger partial charge in [0.2, 0.25) is 29.5 Å². The summed E-state index contributed by atoms with van der Waals surface area (Å²) < 4.78 is 12.1. The van der Waals surface area contributed by atoms with Gasteiger partial charge < -0.3 is 41.0 Å². The van der Waals surface area contributed by atoms with E-state index in [4.69, 9.17) is 15.2 Å². The molecule has 1 fully saturated rings. The first kappa shape index (κ1) is 50.8. The molecule has 1 aliphatic rings. The molecular weight excluding hydrogens is 777 g/mol. The third-order valence-electron chi connectivity index (χ3n) is 12.2. The van der Waals surface area contributed by atoms with Crippen molar-refractivity contribution in [3.63, 3.8) is 0 Å². The summed E-state index contributed by atoms with van der Waals surface area (Å²) >= 11 is 0. The number of hydrogen-bond donors (Lipinski definition) is 4. The van der Waals surface area contributed by atoms with Crippen molar-refractivity contribution < 1.29 is 33.4 Å². The molecule has 61 heavy (non-hydrogen) atoms. The van der Waals surface area contributed by atoms with Crippen LogP contribution in [-0.2, 0) is 46.4 Å². The monoisotopic (exact) mass is 851 g/mol. The van der Waals surface area contributed by atoms with Crippen molar-refractivity contribution in [3.8, 4) is 0 Å². The molecule has 5 amide bonds. The fourth-order valence-corrected chi connectivity index (χ4v) is 8.60. The molecule has 15 nitrogen and oxygen atoms in total. The van der Waals surface area contributed by atoms with Crippen LogP contribution in [0.4, 0.5) is 5.69 Å². The first-order chi connectivity index (χ1) is 28.9. The van der Waals surface area contributed by atoms with Crippen molar-refractivity contribution >= 4 is 35.2 Å². The number of hydrogen-bond acceptors (Lipinski definition) is 10. The number of ether oxygens (including phenoxy) is 2. The number of rotatable bonds is 23. The third kappa shape index (κ3) is 14.0. The van der Waals surface area contributed by atoms with E-state index >= 15 is 0 Å². The quantitative estimate of drug-likeness (QED) is 0.120. The summed E-state index contributed by atoms with van der Waals surface area (Å²) in [4.78, 5) is 79.5. The van der Waals surface area contributed by atoms with Crippen LogP contribution in [0.3, 0.4) is 0 Å². The SMILES string of the molecule is CC[C@H](C)[C@@H]([C@@H](CC(=O)N1CCC[C@H]1[C@H](OC)[C@@H](C)C(=O)N[C@H](Cc1ccccn1)C(=O)NCc1ccc(N)cc1)OC)N(C)C(=O)[C@@H](NC(=O)[C@H](C(C)C)N(C)C)C(C)C. The van der Waals surface area contributed by atoms with Gasteiger partial charge in [0.05, 0.1) is 42.7 Å². The zero-order valence-electron chi connectivity index (χ0n) is 38.6. The summed E-state index contributed by atoms with van der Waals surface area (Å²) in [6.07, 6.45) is 2.52. The van der Waals surface area contributed by atoms with E-state index in [2.05, 4.69) is 20.9 Å². The number of pyridine rings is 1. The molecule has 1 aromatic heterocycles. The highest BCUT2D eigenvalue weighted by Gasteiger charge is 2.43. The van der Waals surface area contributed by atoms with E-state index < -0.39 is 54.2 Å². The zero-order valence-corrected chi connectivity index (χ0v) is 38.6. The van der Waals surface area contributed by atoms with E-state index in [-0.39, 0.29) is 60.8 Å². The largest absolute Gasteiger partial charge is 0.399 e. The zero-order chi connectivity index (χ0) is 45.6. The number of aromatic nitrogens is 1. The molecule has 340 valence electrons. The van der Waals surface area contributed by atoms with E-state index in [1.165, 1.54) is 7.11 Å². The summed E-state index contributed by atoms with van der Waals surface area (Å²) in [6, 6.07) is 9.58. The van der Waals surface area contributed by atoms with E-state index in [9.17, 15) is 24.0 Å². The van der Waals surface area contributed by atoms with Gasteiger partial charge in [-0.15, -0.1) is 0 Å². The average molecular weight is 851 g/mol. The highest BCUT2D eigenvalue weighted by molar-refractivity contribution is 5.90. The molecule has 1 aromatic carbocycles. The molecule has 0 radical (unpaired) electrons. The van der Waals surface area contributed by atoms with Crippen LogP contribution in [0.15, 0.2) is 48.7 Å². The Morgan fingerprint density at radius 3 is 2.10 bits per heavy atom. The molecule has 2 aromatic rings. The maximum absolute atomic E-state index is 14.4. The molecule has 9 atom stereocenters. The van der Waals surface area contributed by atoms with Crippen molar-refractivity contribution in [2.45, 2.75) is 130 Å². The van der Waals surface area contributed by atoms with Gasteiger partial charge >= 0.3 is 0 Å². The Bertz CT molecular complexity index is 1700. The topological polar surface area (TPSA) is 189 Å². The summed E-state index contributed by atoms with van der Waals surface area (Å²) in [5, 5.41) is 8.93. The van der Waals surface area contributed by atoms with Crippen LogP contribution in [0.1, 0.15) is 85.4 Å². The summed E-state index contributed by atoms with van der Waals surface area (Å²) in [6.45, 7) is 14.3. The third-order valence-corrected chi connectivity index (χ3v) is 12.2. The molecule has 2 heterocycles. The first-order valence-corrected chi connectivity index (χ1v) is 21.8. The number of anilines is 1. The standard InChI is InChI=1S/C46H74N8O7/c1-13-30(6)41(53(10)46(59)39(28(2)3)51-45(58)40(29(4)5)52(8)9)37(60-11)26-38(55)54-24-16-18-36(54)42(61-12)31(7)43(56)50-35(25-34-17-14-15-23-48-34)44(57)49-27-32-19-21-33(47)22-20-32/h14-15,17,19-23,28-31,35-37,39-42H,13,16,18,24-27,47H2,1-12H3,(H,49,57)(H,50,56)(H,51,58)/t30-,31+,35+,36-,37+,39-,40-,41-,42+/m0/s1. The Kier molecular flexibility index (Phi) is 20.1. The fraction of sp³-hybridized carbons (Fsp3) is 0.652. The van der Waals surface area contributed by atoms with Gasteiger partial charge in [-0.25, -0.2) is 0 Å². The molecule has 15 heteroatoms. The molecule has 1 saturated heterocycles. The lowest BCUT2D eigenvalue weighted by atomic mass is 9.89. The van der Waals surface area contributed by atoms with Gasteiger partial charge in [-0.3, -0.25) is 33.9 Å². The van der Waals surface area contributed by atoms with Crippen molar-refractivity contribution in [2.24, 2.45) is 23.7 Å². The second-order valence-electron chi connectivity index (χ2n) is 17.5. The van der Waals surface area contributed by atoms with Crippen LogP contribution in [0.25, 0.3) is 0 Å². The van der Waals surface area contributed by atoms with Crippen molar-refractivity contribution in [1.29, 1.82) is 0 Å². The van der Waals surface area contributed by atoms with E-state index in [1.54, 1.807) is 61.3 Å². The van der Waals surface area contributed by atoms with Gasteiger partial charge in [-0.05, 0) is 74.5 Å².